The van der Waals surface area contributed by atoms with Gasteiger partial charge in [-0.25, -0.2) is 0 Å². The van der Waals surface area contributed by atoms with Crippen LogP contribution < -0.4 is 0 Å². The number of amides is 1. The van der Waals surface area contributed by atoms with Gasteiger partial charge in [0.2, 0.25) is 0 Å². The van der Waals surface area contributed by atoms with Crippen molar-refractivity contribution in [1.29, 1.82) is 0 Å². The fraction of sp³-hybridized carbons (Fsp3) is 0.647. The van der Waals surface area contributed by atoms with Gasteiger partial charge in [-0.15, -0.1) is 0 Å². The van der Waals surface area contributed by atoms with Crippen LogP contribution in [-0.4, -0.2) is 28.0 Å². The number of fused-ring (bicyclic) bond motifs is 2. The molecule has 4 rings (SSSR count). The molecule has 3 heterocycles. The zero-order valence-corrected chi connectivity index (χ0v) is 12.8. The second-order valence-corrected chi connectivity index (χ2v) is 6.77. The molecule has 0 spiro atoms. The van der Waals surface area contributed by atoms with Crippen LogP contribution in [0.4, 0.5) is 0 Å². The Kier molecular flexibility index (Phi) is 2.95. The highest BCUT2D eigenvalue weighted by atomic mass is 16.5. The maximum absolute atomic E-state index is 12.9. The summed E-state index contributed by atoms with van der Waals surface area (Å²) in [6.07, 6.45) is 8.45. The summed E-state index contributed by atoms with van der Waals surface area (Å²) < 4.78 is 5.18. The number of aryl methyl sites for hydroxylation is 2. The van der Waals surface area contributed by atoms with Crippen LogP contribution in [0.1, 0.15) is 66.8 Å². The first-order valence-corrected chi connectivity index (χ1v) is 8.10. The van der Waals surface area contributed by atoms with Gasteiger partial charge in [0.1, 0.15) is 11.3 Å². The number of carbonyl (C=O) groups excluding carboxylic acids is 1. The number of piperidine rings is 1. The normalized spacial score (nSPS) is 28.0. The minimum Gasteiger partial charge on any atom is -0.361 e. The molecule has 0 radical (unpaired) electrons. The zero-order chi connectivity index (χ0) is 14.6. The molecular formula is C17H22N2O2. The van der Waals surface area contributed by atoms with Crippen molar-refractivity contribution < 1.29 is 9.32 Å². The van der Waals surface area contributed by atoms with Gasteiger partial charge >= 0.3 is 0 Å². The number of hydrogen-bond donors (Lipinski definition) is 0. The van der Waals surface area contributed by atoms with E-state index in [1.54, 1.807) is 11.1 Å². The van der Waals surface area contributed by atoms with Gasteiger partial charge in [-0.2, -0.15) is 0 Å². The van der Waals surface area contributed by atoms with Gasteiger partial charge in [0.15, 0.2) is 0 Å². The molecule has 0 N–H and O–H groups in total. The van der Waals surface area contributed by atoms with Gasteiger partial charge < -0.3 is 9.42 Å². The van der Waals surface area contributed by atoms with Gasteiger partial charge in [-0.1, -0.05) is 16.3 Å². The van der Waals surface area contributed by atoms with Crippen LogP contribution in [0.2, 0.25) is 0 Å². The van der Waals surface area contributed by atoms with Gasteiger partial charge in [0, 0.05) is 12.1 Å². The molecule has 2 atom stereocenters. The van der Waals surface area contributed by atoms with Crippen molar-refractivity contribution in [2.45, 2.75) is 70.9 Å². The molecule has 21 heavy (non-hydrogen) atoms. The third-order valence-electron chi connectivity index (χ3n) is 5.52. The standard InChI is InChI=1S/C17H22N2O2/c1-10-16(11(2)21-18-10)17(20)19-14-6-7-15(19)9-13(8-14)12-4-3-5-12/h14-15H,3-9H2,1-2H3. The van der Waals surface area contributed by atoms with E-state index in [0.29, 0.717) is 23.4 Å². The Hall–Kier alpha value is -1.58. The lowest BCUT2D eigenvalue weighted by atomic mass is 9.82. The van der Waals surface area contributed by atoms with Crippen molar-refractivity contribution in [1.82, 2.24) is 10.1 Å². The van der Waals surface area contributed by atoms with Gasteiger partial charge in [-0.3, -0.25) is 4.79 Å². The Bertz CT molecular complexity index is 587. The summed E-state index contributed by atoms with van der Waals surface area (Å²) in [4.78, 5) is 15.1. The predicted octanol–water partition coefficient (Wildman–Crippen LogP) is 3.54. The lowest BCUT2D eigenvalue weighted by molar-refractivity contribution is 0.0630. The van der Waals surface area contributed by atoms with Crippen molar-refractivity contribution in [3.05, 3.63) is 28.2 Å². The lowest BCUT2D eigenvalue weighted by Crippen LogP contribution is -2.45. The van der Waals surface area contributed by atoms with Crippen LogP contribution >= 0.6 is 0 Å². The van der Waals surface area contributed by atoms with Gasteiger partial charge in [-0.05, 0) is 58.8 Å². The Labute approximate surface area is 125 Å². The smallest absolute Gasteiger partial charge is 0.259 e. The molecule has 1 amide bonds. The number of nitrogens with zero attached hydrogens (tertiary/aromatic N) is 2. The first-order valence-electron chi connectivity index (χ1n) is 8.10. The fourth-order valence-electron chi connectivity index (χ4n) is 4.26. The topological polar surface area (TPSA) is 46.3 Å². The molecule has 3 aliphatic rings. The second-order valence-electron chi connectivity index (χ2n) is 6.77. The van der Waals surface area contributed by atoms with E-state index in [1.807, 2.05) is 13.8 Å². The van der Waals surface area contributed by atoms with Crippen molar-refractivity contribution >= 4 is 5.91 Å². The molecule has 2 unspecified atom stereocenters. The maximum atomic E-state index is 12.9. The highest BCUT2D eigenvalue weighted by Crippen LogP contribution is 2.43. The Morgan fingerprint density at radius 2 is 1.81 bits per heavy atom. The van der Waals surface area contributed by atoms with E-state index in [-0.39, 0.29) is 5.91 Å². The molecule has 1 aromatic heterocycles. The van der Waals surface area contributed by atoms with Crippen molar-refractivity contribution in [3.8, 4) is 0 Å². The van der Waals surface area contributed by atoms with Crippen LogP contribution in [0.5, 0.6) is 0 Å². The van der Waals surface area contributed by atoms with E-state index < -0.39 is 0 Å². The molecule has 112 valence electrons. The molecule has 2 bridgehead atoms. The average Bonchev–Trinajstić information content (AvgIpc) is 2.85. The Morgan fingerprint density at radius 1 is 1.14 bits per heavy atom. The first kappa shape index (κ1) is 13.1. The van der Waals surface area contributed by atoms with Crippen LogP contribution in [0.3, 0.4) is 0 Å². The second kappa shape index (κ2) is 4.72. The van der Waals surface area contributed by atoms with E-state index in [1.165, 1.54) is 19.3 Å². The van der Waals surface area contributed by atoms with Crippen molar-refractivity contribution in [2.24, 2.45) is 0 Å². The molecule has 2 aliphatic heterocycles. The zero-order valence-electron chi connectivity index (χ0n) is 12.8. The largest absolute Gasteiger partial charge is 0.361 e. The number of carbonyl (C=O) groups is 1. The van der Waals surface area contributed by atoms with E-state index in [9.17, 15) is 4.79 Å². The Balaban J connectivity index is 1.61. The van der Waals surface area contributed by atoms with Crippen LogP contribution in [0, 0.1) is 13.8 Å². The molecule has 1 aromatic rings. The molecule has 1 saturated carbocycles. The van der Waals surface area contributed by atoms with Gasteiger partial charge in [0.05, 0.1) is 5.69 Å². The third kappa shape index (κ3) is 1.95. The van der Waals surface area contributed by atoms with Crippen molar-refractivity contribution in [3.63, 3.8) is 0 Å². The van der Waals surface area contributed by atoms with E-state index in [4.69, 9.17) is 4.52 Å². The highest BCUT2D eigenvalue weighted by Gasteiger charge is 2.43. The number of aromatic nitrogens is 1. The molecule has 1 aliphatic carbocycles. The summed E-state index contributed by atoms with van der Waals surface area (Å²) in [6, 6.07) is 0.793. The summed E-state index contributed by atoms with van der Waals surface area (Å²) in [5.41, 5.74) is 4.76. The first-order chi connectivity index (χ1) is 10.1. The summed E-state index contributed by atoms with van der Waals surface area (Å²) in [5, 5.41) is 3.94. The molecule has 4 nitrogen and oxygen atoms in total. The van der Waals surface area contributed by atoms with Gasteiger partial charge in [0.25, 0.3) is 5.91 Å². The molecule has 4 heteroatoms. The Morgan fingerprint density at radius 3 is 2.29 bits per heavy atom. The van der Waals surface area contributed by atoms with Crippen LogP contribution in [0.25, 0.3) is 0 Å². The molecule has 3 fully saturated rings. The number of rotatable bonds is 1. The predicted molar refractivity (Wildman–Crippen MR) is 79.1 cm³/mol. The third-order valence-corrected chi connectivity index (χ3v) is 5.52. The fourth-order valence-corrected chi connectivity index (χ4v) is 4.26. The van der Waals surface area contributed by atoms with Crippen molar-refractivity contribution in [2.75, 3.05) is 0 Å². The minimum atomic E-state index is 0.136. The quantitative estimate of drug-likeness (QED) is 0.742. The lowest BCUT2D eigenvalue weighted by Gasteiger charge is -2.38. The minimum absolute atomic E-state index is 0.136. The summed E-state index contributed by atoms with van der Waals surface area (Å²) >= 11 is 0. The summed E-state index contributed by atoms with van der Waals surface area (Å²) in [6.45, 7) is 3.69. The summed E-state index contributed by atoms with van der Waals surface area (Å²) in [5.74, 6) is 0.788. The van der Waals surface area contributed by atoms with E-state index in [2.05, 4.69) is 10.1 Å². The molecule has 2 saturated heterocycles. The molecule has 0 aromatic carbocycles. The SMILES string of the molecule is Cc1noc(C)c1C(=O)N1C2CCC1CC(=C1CCC1)C2. The number of hydrogen-bond acceptors (Lipinski definition) is 3. The maximum Gasteiger partial charge on any atom is 0.259 e. The average molecular weight is 286 g/mol. The van der Waals surface area contributed by atoms with Crippen LogP contribution in [0.15, 0.2) is 15.7 Å². The monoisotopic (exact) mass is 286 g/mol. The van der Waals surface area contributed by atoms with E-state index in [0.717, 1.165) is 31.4 Å². The van der Waals surface area contributed by atoms with E-state index >= 15 is 0 Å². The van der Waals surface area contributed by atoms with Crippen LogP contribution in [-0.2, 0) is 0 Å². The number of allylic oxidation sites excluding steroid dienone is 1. The molecular weight excluding hydrogens is 264 g/mol. The summed E-state index contributed by atoms with van der Waals surface area (Å²) in [7, 11) is 0. The highest BCUT2D eigenvalue weighted by molar-refractivity contribution is 5.96.